The number of halogens is 3. The van der Waals surface area contributed by atoms with Gasteiger partial charge >= 0.3 is 0 Å². The Hall–Kier alpha value is -1.72. The number of anilines is 2. The Balaban J connectivity index is 2.05. The molecule has 0 radical (unpaired) electrons. The van der Waals surface area contributed by atoms with Gasteiger partial charge in [0.1, 0.15) is 11.6 Å². The highest BCUT2D eigenvalue weighted by atomic mass is 35.5. The topological polar surface area (TPSA) is 24.1 Å². The number of rotatable bonds is 2. The highest BCUT2D eigenvalue weighted by molar-refractivity contribution is 7.80. The summed E-state index contributed by atoms with van der Waals surface area (Å²) in [5.41, 5.74) is 0.979. The van der Waals surface area contributed by atoms with E-state index < -0.39 is 5.82 Å². The van der Waals surface area contributed by atoms with Gasteiger partial charge < -0.3 is 10.6 Å². The average Bonchev–Trinajstić information content (AvgIpc) is 2.33. The van der Waals surface area contributed by atoms with Crippen molar-refractivity contribution in [3.05, 3.63) is 59.1 Å². The molecule has 0 aliphatic carbocycles. The standard InChI is InChI=1S/C13H9ClF2N2S/c14-11-7-9(16)4-5-12(11)18-13(19)17-10-3-1-2-8(15)6-10/h1-7H,(H2,17,18,19). The van der Waals surface area contributed by atoms with Crippen LogP contribution in [0.1, 0.15) is 0 Å². The minimum Gasteiger partial charge on any atom is -0.332 e. The maximum atomic E-state index is 13.0. The van der Waals surface area contributed by atoms with Crippen LogP contribution < -0.4 is 10.6 Å². The lowest BCUT2D eigenvalue weighted by molar-refractivity contribution is 0.628. The zero-order valence-electron chi connectivity index (χ0n) is 9.58. The Morgan fingerprint density at radius 3 is 2.42 bits per heavy atom. The van der Waals surface area contributed by atoms with Gasteiger partial charge in [-0.3, -0.25) is 0 Å². The van der Waals surface area contributed by atoms with Gasteiger partial charge in [0, 0.05) is 5.69 Å². The molecule has 0 saturated heterocycles. The van der Waals surface area contributed by atoms with Gasteiger partial charge in [0.15, 0.2) is 5.11 Å². The molecule has 0 bridgehead atoms. The predicted octanol–water partition coefficient (Wildman–Crippen LogP) is 4.43. The number of thiocarbonyl (C=S) groups is 1. The SMILES string of the molecule is Fc1cccc(NC(=S)Nc2ccc(F)cc2Cl)c1. The highest BCUT2D eigenvalue weighted by Gasteiger charge is 2.04. The first-order valence-corrected chi connectivity index (χ1v) is 6.12. The molecule has 0 atom stereocenters. The van der Waals surface area contributed by atoms with E-state index in [9.17, 15) is 8.78 Å². The average molecular weight is 299 g/mol. The Bertz CT molecular complexity index is 619. The molecule has 0 saturated carbocycles. The summed E-state index contributed by atoms with van der Waals surface area (Å²) in [7, 11) is 0. The Kier molecular flexibility index (Phi) is 4.29. The van der Waals surface area contributed by atoms with Crippen molar-refractivity contribution in [1.29, 1.82) is 0 Å². The van der Waals surface area contributed by atoms with Crippen molar-refractivity contribution in [1.82, 2.24) is 0 Å². The molecular formula is C13H9ClF2N2S. The van der Waals surface area contributed by atoms with E-state index in [4.69, 9.17) is 23.8 Å². The number of nitrogens with one attached hydrogen (secondary N) is 2. The van der Waals surface area contributed by atoms with Crippen LogP contribution in [0, 0.1) is 11.6 Å². The van der Waals surface area contributed by atoms with E-state index in [-0.39, 0.29) is 16.0 Å². The molecule has 2 aromatic rings. The zero-order chi connectivity index (χ0) is 13.8. The third-order valence-corrected chi connectivity index (χ3v) is 2.78. The van der Waals surface area contributed by atoms with Crippen molar-refractivity contribution in [2.75, 3.05) is 10.6 Å². The molecule has 2 nitrogen and oxygen atoms in total. The molecule has 0 aliphatic heterocycles. The van der Waals surface area contributed by atoms with Crippen molar-refractivity contribution >= 4 is 40.3 Å². The summed E-state index contributed by atoms with van der Waals surface area (Å²) in [4.78, 5) is 0. The van der Waals surface area contributed by atoms with Gasteiger partial charge in [0.05, 0.1) is 10.7 Å². The van der Waals surface area contributed by atoms with Gasteiger partial charge in [0.2, 0.25) is 0 Å². The first kappa shape index (κ1) is 13.7. The molecule has 2 aromatic carbocycles. The maximum absolute atomic E-state index is 13.0. The third kappa shape index (κ3) is 3.87. The number of benzene rings is 2. The first-order valence-electron chi connectivity index (χ1n) is 5.33. The van der Waals surface area contributed by atoms with Crippen molar-refractivity contribution in [2.45, 2.75) is 0 Å². The highest BCUT2D eigenvalue weighted by Crippen LogP contribution is 2.22. The van der Waals surface area contributed by atoms with E-state index in [0.717, 1.165) is 0 Å². The van der Waals surface area contributed by atoms with E-state index in [2.05, 4.69) is 10.6 Å². The van der Waals surface area contributed by atoms with Crippen LogP contribution in [-0.2, 0) is 0 Å². The first-order chi connectivity index (χ1) is 9.04. The molecule has 0 aromatic heterocycles. The fourth-order valence-corrected chi connectivity index (χ4v) is 1.88. The molecule has 0 unspecified atom stereocenters. The molecule has 19 heavy (non-hydrogen) atoms. The van der Waals surface area contributed by atoms with Crippen LogP contribution in [0.4, 0.5) is 20.2 Å². The maximum Gasteiger partial charge on any atom is 0.175 e. The third-order valence-electron chi connectivity index (χ3n) is 2.26. The fourth-order valence-electron chi connectivity index (χ4n) is 1.44. The zero-order valence-corrected chi connectivity index (χ0v) is 11.2. The minimum atomic E-state index is -0.431. The normalized spacial score (nSPS) is 10.1. The quantitative estimate of drug-likeness (QED) is 0.802. The molecule has 0 fully saturated rings. The van der Waals surface area contributed by atoms with Crippen molar-refractivity contribution in [3.63, 3.8) is 0 Å². The van der Waals surface area contributed by atoms with Crippen LogP contribution in [-0.4, -0.2) is 5.11 Å². The second kappa shape index (κ2) is 5.95. The molecular weight excluding hydrogens is 290 g/mol. The number of hydrogen-bond donors (Lipinski definition) is 2. The van der Waals surface area contributed by atoms with E-state index in [0.29, 0.717) is 11.4 Å². The van der Waals surface area contributed by atoms with Crippen molar-refractivity contribution in [3.8, 4) is 0 Å². The lowest BCUT2D eigenvalue weighted by Gasteiger charge is -2.11. The predicted molar refractivity (Wildman–Crippen MR) is 77.7 cm³/mol. The van der Waals surface area contributed by atoms with E-state index >= 15 is 0 Å². The minimum absolute atomic E-state index is 0.211. The second-order valence-electron chi connectivity index (χ2n) is 3.71. The van der Waals surface area contributed by atoms with Gasteiger partial charge in [-0.05, 0) is 48.6 Å². The summed E-state index contributed by atoms with van der Waals surface area (Å²) < 4.78 is 25.9. The van der Waals surface area contributed by atoms with Crippen LogP contribution >= 0.6 is 23.8 Å². The van der Waals surface area contributed by atoms with Gasteiger partial charge in [0.25, 0.3) is 0 Å². The molecule has 0 spiro atoms. The molecule has 2 N–H and O–H groups in total. The summed E-state index contributed by atoms with van der Waals surface area (Å²) in [6.45, 7) is 0. The second-order valence-corrected chi connectivity index (χ2v) is 4.53. The summed E-state index contributed by atoms with van der Waals surface area (Å²) in [5.74, 6) is -0.799. The largest absolute Gasteiger partial charge is 0.332 e. The van der Waals surface area contributed by atoms with E-state index in [1.807, 2.05) is 0 Å². The Morgan fingerprint density at radius 2 is 1.74 bits per heavy atom. The van der Waals surface area contributed by atoms with Crippen LogP contribution in [0.5, 0.6) is 0 Å². The van der Waals surface area contributed by atoms with Crippen molar-refractivity contribution < 1.29 is 8.78 Å². The molecule has 2 rings (SSSR count). The van der Waals surface area contributed by atoms with Gasteiger partial charge in [-0.25, -0.2) is 8.78 Å². The summed E-state index contributed by atoms with van der Waals surface area (Å²) >= 11 is 10.9. The molecule has 0 heterocycles. The molecule has 6 heteroatoms. The monoisotopic (exact) mass is 298 g/mol. The van der Waals surface area contributed by atoms with Crippen LogP contribution in [0.3, 0.4) is 0 Å². The molecule has 98 valence electrons. The Morgan fingerprint density at radius 1 is 1.00 bits per heavy atom. The molecule has 0 amide bonds. The lowest BCUT2D eigenvalue weighted by atomic mass is 10.3. The van der Waals surface area contributed by atoms with Gasteiger partial charge in [-0.2, -0.15) is 0 Å². The smallest absolute Gasteiger partial charge is 0.175 e. The molecule has 0 aliphatic rings. The summed E-state index contributed by atoms with van der Waals surface area (Å²) in [6, 6.07) is 9.78. The number of hydrogen-bond acceptors (Lipinski definition) is 1. The van der Waals surface area contributed by atoms with E-state index in [1.165, 1.54) is 30.3 Å². The van der Waals surface area contributed by atoms with Crippen molar-refractivity contribution in [2.24, 2.45) is 0 Å². The summed E-state index contributed by atoms with van der Waals surface area (Å²) in [5, 5.41) is 6.05. The van der Waals surface area contributed by atoms with Crippen LogP contribution in [0.15, 0.2) is 42.5 Å². The van der Waals surface area contributed by atoms with Crippen LogP contribution in [0.2, 0.25) is 5.02 Å². The summed E-state index contributed by atoms with van der Waals surface area (Å²) in [6.07, 6.45) is 0. The lowest BCUT2D eigenvalue weighted by Crippen LogP contribution is -2.19. The van der Waals surface area contributed by atoms with E-state index in [1.54, 1.807) is 12.1 Å². The van der Waals surface area contributed by atoms with Gasteiger partial charge in [-0.1, -0.05) is 17.7 Å². The Labute approximate surface area is 119 Å². The van der Waals surface area contributed by atoms with Crippen LogP contribution in [0.25, 0.3) is 0 Å². The fraction of sp³-hybridized carbons (Fsp3) is 0. The van der Waals surface area contributed by atoms with Gasteiger partial charge in [-0.15, -0.1) is 0 Å².